The van der Waals surface area contributed by atoms with Gasteiger partial charge in [-0.1, -0.05) is 57.1 Å². The molecule has 0 aromatic heterocycles. The molecule has 120 valence electrons. The van der Waals surface area contributed by atoms with E-state index in [1.54, 1.807) is 0 Å². The Morgan fingerprint density at radius 2 is 1.15 bits per heavy atom. The van der Waals surface area contributed by atoms with Crippen molar-refractivity contribution in [2.24, 2.45) is 11.5 Å². The van der Waals surface area contributed by atoms with E-state index in [4.69, 9.17) is 11.5 Å². The summed E-state index contributed by atoms with van der Waals surface area (Å²) in [6.45, 7) is 2.95. The summed E-state index contributed by atoms with van der Waals surface area (Å²) in [5.41, 5.74) is 11.2. The summed E-state index contributed by atoms with van der Waals surface area (Å²) in [7, 11) is 0. The minimum Gasteiger partial charge on any atom is -0.330 e. The summed E-state index contributed by atoms with van der Waals surface area (Å²) in [6, 6.07) is 0.380. The van der Waals surface area contributed by atoms with E-state index in [9.17, 15) is 0 Å². The second-order valence-corrected chi connectivity index (χ2v) is 6.14. The van der Waals surface area contributed by atoms with Gasteiger partial charge < -0.3 is 11.5 Å². The third-order valence-corrected chi connectivity index (χ3v) is 3.77. The maximum Gasteiger partial charge on any atom is 0.00104 e. The fourth-order valence-electron chi connectivity index (χ4n) is 2.43. The third kappa shape index (κ3) is 17.7. The maximum atomic E-state index is 5.73. The Morgan fingerprint density at radius 3 is 1.65 bits per heavy atom. The van der Waals surface area contributed by atoms with Crippen LogP contribution in [0.3, 0.4) is 0 Å². The molecule has 2 nitrogen and oxygen atoms in total. The number of nitrogens with two attached hydrogens (primary N) is 2. The van der Waals surface area contributed by atoms with Gasteiger partial charge in [-0.2, -0.15) is 0 Å². The van der Waals surface area contributed by atoms with E-state index in [1.807, 2.05) is 0 Å². The van der Waals surface area contributed by atoms with E-state index >= 15 is 0 Å². The van der Waals surface area contributed by atoms with Crippen molar-refractivity contribution in [2.75, 3.05) is 6.54 Å². The van der Waals surface area contributed by atoms with Crippen LogP contribution in [-0.4, -0.2) is 12.6 Å². The Hall–Kier alpha value is -0.340. The Kier molecular flexibility index (Phi) is 16.4. The molecule has 20 heavy (non-hydrogen) atoms. The van der Waals surface area contributed by atoms with E-state index in [2.05, 4.69) is 19.1 Å². The van der Waals surface area contributed by atoms with E-state index in [-0.39, 0.29) is 0 Å². The summed E-state index contributed by atoms with van der Waals surface area (Å²) >= 11 is 0. The molecular weight excluding hydrogens is 244 g/mol. The van der Waals surface area contributed by atoms with Crippen molar-refractivity contribution in [1.82, 2.24) is 0 Å². The first-order valence-corrected chi connectivity index (χ1v) is 8.88. The van der Waals surface area contributed by atoms with Gasteiger partial charge in [-0.15, -0.1) is 0 Å². The number of unbranched alkanes of at least 4 members (excludes halogenated alkanes) is 10. The zero-order chi connectivity index (χ0) is 14.9. The summed E-state index contributed by atoms with van der Waals surface area (Å²) in [4.78, 5) is 0. The van der Waals surface area contributed by atoms with Gasteiger partial charge in [-0.25, -0.2) is 0 Å². The quantitative estimate of drug-likeness (QED) is 0.331. The lowest BCUT2D eigenvalue weighted by atomic mass is 10.1. The minimum absolute atomic E-state index is 0.380. The molecule has 0 aromatic rings. The highest BCUT2D eigenvalue weighted by Crippen LogP contribution is 2.09. The standard InChI is InChI=1S/C18H38N2/c1-18(20)16-14-12-10-8-6-4-2-3-5-7-9-11-13-15-17-19/h2,4,18H,3,5-17,19-20H2,1H3/b4-2-. The van der Waals surface area contributed by atoms with Gasteiger partial charge in [0.2, 0.25) is 0 Å². The van der Waals surface area contributed by atoms with Gasteiger partial charge in [0, 0.05) is 6.04 Å². The molecule has 1 atom stereocenters. The molecule has 2 heteroatoms. The van der Waals surface area contributed by atoms with Crippen LogP contribution >= 0.6 is 0 Å². The van der Waals surface area contributed by atoms with Crippen molar-refractivity contribution in [3.8, 4) is 0 Å². The third-order valence-electron chi connectivity index (χ3n) is 3.77. The van der Waals surface area contributed by atoms with Crippen molar-refractivity contribution in [3.05, 3.63) is 12.2 Å². The first-order chi connectivity index (χ1) is 9.77. The van der Waals surface area contributed by atoms with Crippen LogP contribution in [0.2, 0.25) is 0 Å². The van der Waals surface area contributed by atoms with Gasteiger partial charge in [0.1, 0.15) is 0 Å². The molecule has 0 saturated heterocycles. The minimum atomic E-state index is 0.380. The molecule has 1 unspecified atom stereocenters. The van der Waals surface area contributed by atoms with Crippen molar-refractivity contribution in [3.63, 3.8) is 0 Å². The fourth-order valence-corrected chi connectivity index (χ4v) is 2.43. The second-order valence-electron chi connectivity index (χ2n) is 6.14. The van der Waals surface area contributed by atoms with Crippen LogP contribution in [0.1, 0.15) is 90.4 Å². The summed E-state index contributed by atoms with van der Waals surface area (Å²) < 4.78 is 0. The lowest BCUT2D eigenvalue weighted by Gasteiger charge is -2.03. The predicted octanol–water partition coefficient (Wildman–Crippen LogP) is 4.92. The molecule has 0 aliphatic rings. The molecular formula is C18H38N2. The zero-order valence-electron chi connectivity index (χ0n) is 13.8. The molecule has 0 aliphatic carbocycles. The molecule has 4 N–H and O–H groups in total. The van der Waals surface area contributed by atoms with Crippen LogP contribution in [0.15, 0.2) is 12.2 Å². The largest absolute Gasteiger partial charge is 0.330 e. The average Bonchev–Trinajstić information content (AvgIpc) is 2.43. The Bertz CT molecular complexity index is 200. The van der Waals surface area contributed by atoms with Crippen molar-refractivity contribution < 1.29 is 0 Å². The van der Waals surface area contributed by atoms with E-state index in [0.717, 1.165) is 6.54 Å². The number of allylic oxidation sites excluding steroid dienone is 2. The van der Waals surface area contributed by atoms with Gasteiger partial charge in [-0.3, -0.25) is 0 Å². The zero-order valence-corrected chi connectivity index (χ0v) is 13.8. The molecule has 0 aliphatic heterocycles. The Labute approximate surface area is 127 Å². The highest BCUT2D eigenvalue weighted by atomic mass is 14.6. The average molecular weight is 283 g/mol. The molecule has 0 spiro atoms. The molecule has 0 fully saturated rings. The Balaban J connectivity index is 3.05. The summed E-state index contributed by atoms with van der Waals surface area (Å²) in [6.07, 6.45) is 21.8. The smallest absolute Gasteiger partial charge is 0.00104 e. The predicted molar refractivity (Wildman–Crippen MR) is 91.9 cm³/mol. The van der Waals surface area contributed by atoms with Crippen LogP contribution < -0.4 is 11.5 Å². The first kappa shape index (κ1) is 19.7. The second kappa shape index (κ2) is 16.7. The van der Waals surface area contributed by atoms with Crippen LogP contribution in [-0.2, 0) is 0 Å². The normalized spacial score (nSPS) is 13.2. The van der Waals surface area contributed by atoms with Gasteiger partial charge in [0.05, 0.1) is 0 Å². The summed E-state index contributed by atoms with van der Waals surface area (Å²) in [5.74, 6) is 0. The molecule has 0 bridgehead atoms. The highest BCUT2D eigenvalue weighted by molar-refractivity contribution is 4.81. The van der Waals surface area contributed by atoms with Crippen LogP contribution in [0.25, 0.3) is 0 Å². The van der Waals surface area contributed by atoms with E-state index in [1.165, 1.54) is 83.5 Å². The highest BCUT2D eigenvalue weighted by Gasteiger charge is 1.93. The van der Waals surface area contributed by atoms with Crippen LogP contribution in [0.5, 0.6) is 0 Å². The lowest BCUT2D eigenvalue weighted by Crippen LogP contribution is -2.13. The Morgan fingerprint density at radius 1 is 0.700 bits per heavy atom. The lowest BCUT2D eigenvalue weighted by molar-refractivity contribution is 0.568. The van der Waals surface area contributed by atoms with Crippen LogP contribution in [0.4, 0.5) is 0 Å². The number of rotatable bonds is 15. The number of hydrogen-bond donors (Lipinski definition) is 2. The molecule has 0 aromatic carbocycles. The molecule has 0 saturated carbocycles. The number of hydrogen-bond acceptors (Lipinski definition) is 2. The molecule has 0 rings (SSSR count). The van der Waals surface area contributed by atoms with Gasteiger partial charge in [0.15, 0.2) is 0 Å². The SMILES string of the molecule is CC(N)CCCCCC/C=C\CCCCCCCCN. The van der Waals surface area contributed by atoms with Gasteiger partial charge in [-0.05, 0) is 52.0 Å². The van der Waals surface area contributed by atoms with E-state index in [0.29, 0.717) is 6.04 Å². The molecule has 0 heterocycles. The first-order valence-electron chi connectivity index (χ1n) is 8.88. The van der Waals surface area contributed by atoms with Gasteiger partial charge in [0.25, 0.3) is 0 Å². The molecule has 0 amide bonds. The van der Waals surface area contributed by atoms with Crippen molar-refractivity contribution in [1.29, 1.82) is 0 Å². The monoisotopic (exact) mass is 282 g/mol. The van der Waals surface area contributed by atoms with E-state index < -0.39 is 0 Å². The topological polar surface area (TPSA) is 52.0 Å². The van der Waals surface area contributed by atoms with Gasteiger partial charge >= 0.3 is 0 Å². The van der Waals surface area contributed by atoms with Crippen molar-refractivity contribution >= 4 is 0 Å². The molecule has 0 radical (unpaired) electrons. The van der Waals surface area contributed by atoms with Crippen molar-refractivity contribution in [2.45, 2.75) is 96.4 Å². The fraction of sp³-hybridized carbons (Fsp3) is 0.889. The van der Waals surface area contributed by atoms with Crippen LogP contribution in [0, 0.1) is 0 Å². The summed E-state index contributed by atoms with van der Waals surface area (Å²) in [5, 5.41) is 0. The maximum absolute atomic E-state index is 5.73.